The third-order valence-electron chi connectivity index (χ3n) is 2.66. The average Bonchev–Trinajstić information content (AvgIpc) is 2.47. The molecule has 0 saturated carbocycles. The summed E-state index contributed by atoms with van der Waals surface area (Å²) in [6.07, 6.45) is 0.665. The first-order chi connectivity index (χ1) is 9.71. The van der Waals surface area contributed by atoms with Crippen LogP contribution >= 0.6 is 0 Å². The van der Waals surface area contributed by atoms with E-state index in [0.29, 0.717) is 24.5 Å². The topological polar surface area (TPSA) is 79.8 Å². The van der Waals surface area contributed by atoms with Crippen molar-refractivity contribution in [2.75, 3.05) is 19.9 Å². The molecule has 0 saturated heterocycles. The zero-order chi connectivity index (χ0) is 14.8. The van der Waals surface area contributed by atoms with Crippen LogP contribution in [0.5, 0.6) is 11.5 Å². The van der Waals surface area contributed by atoms with Crippen LogP contribution in [0.2, 0.25) is 0 Å². The number of aliphatic hydroxyl groups excluding tert-OH is 1. The molecule has 1 atom stereocenters. The van der Waals surface area contributed by atoms with Crippen molar-refractivity contribution in [2.45, 2.75) is 26.3 Å². The van der Waals surface area contributed by atoms with E-state index >= 15 is 0 Å². The summed E-state index contributed by atoms with van der Waals surface area (Å²) in [4.78, 5) is 11.5. The Hall–Kier alpha value is -1.95. The zero-order valence-electron chi connectivity index (χ0n) is 11.9. The molecule has 112 valence electrons. The van der Waals surface area contributed by atoms with E-state index in [0.717, 1.165) is 0 Å². The molecule has 0 aromatic heterocycles. The molecule has 6 nitrogen and oxygen atoms in total. The number of carbonyl (C=O) groups excluding carboxylic acids is 1. The molecule has 0 aliphatic heterocycles. The summed E-state index contributed by atoms with van der Waals surface area (Å²) in [6.45, 7) is 4.26. The Bertz CT molecular complexity index is 408. The second kappa shape index (κ2) is 9.03. The number of hydrogen-bond donors (Lipinski definition) is 3. The number of ether oxygens (including phenoxy) is 2. The predicted octanol–water partition coefficient (Wildman–Crippen LogP) is 1.49. The number of benzene rings is 1. The molecule has 1 unspecified atom stereocenters. The van der Waals surface area contributed by atoms with Crippen LogP contribution < -0.4 is 20.1 Å². The number of para-hydroxylation sites is 2. The van der Waals surface area contributed by atoms with Crippen LogP contribution in [0.15, 0.2) is 24.3 Å². The van der Waals surface area contributed by atoms with Crippen molar-refractivity contribution in [2.24, 2.45) is 0 Å². The molecule has 0 bridgehead atoms. The minimum absolute atomic E-state index is 0.0256. The van der Waals surface area contributed by atoms with Gasteiger partial charge in [0.05, 0.1) is 19.3 Å². The summed E-state index contributed by atoms with van der Waals surface area (Å²) in [5.74, 6) is 1.21. The zero-order valence-corrected chi connectivity index (χ0v) is 11.9. The molecule has 6 heteroatoms. The highest BCUT2D eigenvalue weighted by atomic mass is 16.5. The second-order valence-electron chi connectivity index (χ2n) is 4.11. The van der Waals surface area contributed by atoms with Crippen LogP contribution in [0.3, 0.4) is 0 Å². The van der Waals surface area contributed by atoms with Gasteiger partial charge in [-0.05, 0) is 25.5 Å². The standard InChI is InChI=1S/C14H22N2O4/c1-3-11(9-17)16-14(18)15-10-20-13-8-6-5-7-12(13)19-4-2/h5-8,11,17H,3-4,9-10H2,1-2H3,(H2,15,16,18). The molecule has 3 N–H and O–H groups in total. The molecule has 0 fully saturated rings. The number of aliphatic hydroxyl groups is 1. The van der Waals surface area contributed by atoms with Crippen molar-refractivity contribution in [1.29, 1.82) is 0 Å². The van der Waals surface area contributed by atoms with Gasteiger partial charge in [-0.15, -0.1) is 0 Å². The molecule has 0 aliphatic rings. The predicted molar refractivity (Wildman–Crippen MR) is 75.9 cm³/mol. The number of rotatable bonds is 8. The summed E-state index contributed by atoms with van der Waals surface area (Å²) in [6, 6.07) is 6.64. The fourth-order valence-corrected chi connectivity index (χ4v) is 1.54. The van der Waals surface area contributed by atoms with Gasteiger partial charge >= 0.3 is 6.03 Å². The number of carbonyl (C=O) groups is 1. The maximum atomic E-state index is 11.5. The van der Waals surface area contributed by atoms with Crippen LogP contribution in [0.4, 0.5) is 4.79 Å². The quantitative estimate of drug-likeness (QED) is 0.631. The first kappa shape index (κ1) is 16.1. The molecule has 1 aromatic carbocycles. The second-order valence-corrected chi connectivity index (χ2v) is 4.11. The average molecular weight is 282 g/mol. The lowest BCUT2D eigenvalue weighted by molar-refractivity contribution is 0.202. The van der Waals surface area contributed by atoms with E-state index in [-0.39, 0.29) is 25.4 Å². The minimum atomic E-state index is -0.375. The van der Waals surface area contributed by atoms with Crippen molar-refractivity contribution in [3.05, 3.63) is 24.3 Å². The van der Waals surface area contributed by atoms with Crippen LogP contribution in [-0.2, 0) is 0 Å². The lowest BCUT2D eigenvalue weighted by atomic mass is 10.2. The Morgan fingerprint density at radius 3 is 2.45 bits per heavy atom. The lowest BCUT2D eigenvalue weighted by Crippen LogP contribution is -2.44. The third kappa shape index (κ3) is 5.36. The molecule has 20 heavy (non-hydrogen) atoms. The van der Waals surface area contributed by atoms with E-state index in [1.54, 1.807) is 12.1 Å². The summed E-state index contributed by atoms with van der Waals surface area (Å²) < 4.78 is 10.9. The first-order valence-corrected chi connectivity index (χ1v) is 6.71. The molecule has 1 aromatic rings. The van der Waals surface area contributed by atoms with Crippen LogP contribution in [0.25, 0.3) is 0 Å². The Morgan fingerprint density at radius 1 is 1.25 bits per heavy atom. The van der Waals surface area contributed by atoms with Crippen molar-refractivity contribution in [1.82, 2.24) is 10.6 Å². The van der Waals surface area contributed by atoms with Gasteiger partial charge in [-0.2, -0.15) is 0 Å². The summed E-state index contributed by atoms with van der Waals surface area (Å²) in [5, 5.41) is 14.2. The molecular weight excluding hydrogens is 260 g/mol. The fourth-order valence-electron chi connectivity index (χ4n) is 1.54. The highest BCUT2D eigenvalue weighted by Gasteiger charge is 2.09. The minimum Gasteiger partial charge on any atom is -0.490 e. The van der Waals surface area contributed by atoms with E-state index in [2.05, 4.69) is 10.6 Å². The highest BCUT2D eigenvalue weighted by Crippen LogP contribution is 2.25. The maximum absolute atomic E-state index is 11.5. The van der Waals surface area contributed by atoms with E-state index in [4.69, 9.17) is 14.6 Å². The fraction of sp³-hybridized carbons (Fsp3) is 0.500. The van der Waals surface area contributed by atoms with Gasteiger partial charge in [0.25, 0.3) is 0 Å². The Morgan fingerprint density at radius 2 is 1.90 bits per heavy atom. The molecule has 2 amide bonds. The lowest BCUT2D eigenvalue weighted by Gasteiger charge is -2.16. The Kier molecular flexibility index (Phi) is 7.27. The van der Waals surface area contributed by atoms with Gasteiger partial charge in [0, 0.05) is 0 Å². The van der Waals surface area contributed by atoms with Crippen LogP contribution in [0, 0.1) is 0 Å². The SMILES string of the molecule is CCOc1ccccc1OCNC(=O)NC(CC)CO. The third-order valence-corrected chi connectivity index (χ3v) is 2.66. The van der Waals surface area contributed by atoms with Gasteiger partial charge in [0.15, 0.2) is 18.2 Å². The van der Waals surface area contributed by atoms with Gasteiger partial charge < -0.3 is 25.2 Å². The molecule has 0 radical (unpaired) electrons. The highest BCUT2D eigenvalue weighted by molar-refractivity contribution is 5.74. The number of amides is 2. The van der Waals surface area contributed by atoms with E-state index in [1.165, 1.54) is 0 Å². The van der Waals surface area contributed by atoms with Crippen LogP contribution in [0.1, 0.15) is 20.3 Å². The van der Waals surface area contributed by atoms with Gasteiger partial charge in [0.2, 0.25) is 0 Å². The monoisotopic (exact) mass is 282 g/mol. The van der Waals surface area contributed by atoms with Crippen molar-refractivity contribution < 1.29 is 19.4 Å². The molecular formula is C14H22N2O4. The maximum Gasteiger partial charge on any atom is 0.317 e. The summed E-state index contributed by atoms with van der Waals surface area (Å²) >= 11 is 0. The summed E-state index contributed by atoms with van der Waals surface area (Å²) in [7, 11) is 0. The number of hydrogen-bond acceptors (Lipinski definition) is 4. The van der Waals surface area contributed by atoms with Gasteiger partial charge in [-0.1, -0.05) is 19.1 Å². The summed E-state index contributed by atoms with van der Waals surface area (Å²) in [5.41, 5.74) is 0. The van der Waals surface area contributed by atoms with E-state index in [1.807, 2.05) is 26.0 Å². The first-order valence-electron chi connectivity index (χ1n) is 6.71. The van der Waals surface area contributed by atoms with Crippen LogP contribution in [-0.4, -0.2) is 37.1 Å². The smallest absolute Gasteiger partial charge is 0.317 e. The normalized spacial score (nSPS) is 11.6. The Balaban J connectivity index is 2.38. The largest absolute Gasteiger partial charge is 0.490 e. The molecule has 0 spiro atoms. The van der Waals surface area contributed by atoms with E-state index < -0.39 is 0 Å². The molecule has 1 rings (SSSR count). The van der Waals surface area contributed by atoms with Gasteiger partial charge in [-0.25, -0.2) is 4.79 Å². The van der Waals surface area contributed by atoms with Crippen molar-refractivity contribution >= 4 is 6.03 Å². The van der Waals surface area contributed by atoms with Crippen molar-refractivity contribution in [3.63, 3.8) is 0 Å². The number of urea groups is 1. The van der Waals surface area contributed by atoms with Gasteiger partial charge in [0.1, 0.15) is 0 Å². The van der Waals surface area contributed by atoms with E-state index in [9.17, 15) is 4.79 Å². The number of nitrogens with one attached hydrogen (secondary N) is 2. The Labute approximate surface area is 119 Å². The molecule has 0 heterocycles. The van der Waals surface area contributed by atoms with Gasteiger partial charge in [-0.3, -0.25) is 0 Å². The van der Waals surface area contributed by atoms with Crippen molar-refractivity contribution in [3.8, 4) is 11.5 Å². The molecule has 0 aliphatic carbocycles.